The summed E-state index contributed by atoms with van der Waals surface area (Å²) in [5.74, 6) is -0.292. The standard InChI is InChI=1S/C26H27ClN4O2S/c1-5-28-22(32)13-20-14-34-26-29-17(4)23(24(31(20)26)18-7-9-19(27)10-8-18)25(33)30-21-11-6-15(2)12-16(21)3/h6-12,14,24H,5,13H2,1-4H3,(H,28,32)(H,30,33). The van der Waals surface area contributed by atoms with E-state index >= 15 is 0 Å². The van der Waals surface area contributed by atoms with E-state index in [1.54, 1.807) is 0 Å². The molecule has 0 bridgehead atoms. The number of anilines is 1. The van der Waals surface area contributed by atoms with Gasteiger partial charge >= 0.3 is 0 Å². The quantitative estimate of drug-likeness (QED) is 0.540. The van der Waals surface area contributed by atoms with Crippen LogP contribution in [0.25, 0.3) is 0 Å². The summed E-state index contributed by atoms with van der Waals surface area (Å²) < 4.78 is 0. The Bertz CT molecular complexity index is 1230. The molecule has 0 spiro atoms. The average molecular weight is 495 g/mol. The number of thioether (sulfide) groups is 1. The van der Waals surface area contributed by atoms with E-state index in [1.165, 1.54) is 11.8 Å². The Morgan fingerprint density at radius 3 is 2.53 bits per heavy atom. The number of amides is 2. The number of hydrogen-bond donors (Lipinski definition) is 2. The van der Waals surface area contributed by atoms with Crippen LogP contribution < -0.4 is 10.6 Å². The van der Waals surface area contributed by atoms with Crippen molar-refractivity contribution in [2.45, 2.75) is 40.2 Å². The summed E-state index contributed by atoms with van der Waals surface area (Å²) in [5, 5.41) is 9.24. The van der Waals surface area contributed by atoms with Gasteiger partial charge in [0.25, 0.3) is 5.91 Å². The first-order chi connectivity index (χ1) is 16.3. The van der Waals surface area contributed by atoms with E-state index in [2.05, 4.69) is 10.6 Å². The van der Waals surface area contributed by atoms with E-state index in [4.69, 9.17) is 16.6 Å². The van der Waals surface area contributed by atoms with Crippen molar-refractivity contribution in [3.8, 4) is 0 Å². The van der Waals surface area contributed by atoms with Gasteiger partial charge in [0.05, 0.1) is 23.7 Å². The van der Waals surface area contributed by atoms with Crippen LogP contribution in [0.4, 0.5) is 5.69 Å². The van der Waals surface area contributed by atoms with E-state index < -0.39 is 6.04 Å². The maximum absolute atomic E-state index is 13.7. The van der Waals surface area contributed by atoms with E-state index in [0.717, 1.165) is 33.2 Å². The number of nitrogens with zero attached hydrogens (tertiary/aromatic N) is 2. The van der Waals surface area contributed by atoms with Crippen molar-refractivity contribution >= 4 is 46.0 Å². The summed E-state index contributed by atoms with van der Waals surface area (Å²) in [6, 6.07) is 12.9. The molecule has 1 unspecified atom stereocenters. The van der Waals surface area contributed by atoms with Crippen LogP contribution >= 0.6 is 23.4 Å². The van der Waals surface area contributed by atoms with Gasteiger partial charge in [0.1, 0.15) is 0 Å². The molecule has 34 heavy (non-hydrogen) atoms. The Hall–Kier alpha value is -3.03. The lowest BCUT2D eigenvalue weighted by molar-refractivity contribution is -0.120. The van der Waals surface area contributed by atoms with Gasteiger partial charge in [-0.2, -0.15) is 0 Å². The molecule has 1 atom stereocenters. The van der Waals surface area contributed by atoms with Crippen molar-refractivity contribution in [2.75, 3.05) is 11.9 Å². The lowest BCUT2D eigenvalue weighted by Crippen LogP contribution is -2.38. The van der Waals surface area contributed by atoms with Gasteiger partial charge < -0.3 is 15.5 Å². The molecule has 2 aromatic carbocycles. The lowest BCUT2D eigenvalue weighted by Gasteiger charge is -2.36. The zero-order chi connectivity index (χ0) is 24.4. The molecule has 2 amide bonds. The minimum atomic E-state index is -0.439. The number of halogens is 1. The maximum Gasteiger partial charge on any atom is 0.255 e. The molecule has 176 valence electrons. The Morgan fingerprint density at radius 2 is 1.85 bits per heavy atom. The highest BCUT2D eigenvalue weighted by Crippen LogP contribution is 2.45. The zero-order valence-corrected chi connectivity index (χ0v) is 21.2. The number of benzene rings is 2. The first-order valence-electron chi connectivity index (χ1n) is 11.1. The van der Waals surface area contributed by atoms with Crippen molar-refractivity contribution in [3.63, 3.8) is 0 Å². The highest BCUT2D eigenvalue weighted by atomic mass is 35.5. The van der Waals surface area contributed by atoms with Gasteiger partial charge in [0.15, 0.2) is 5.17 Å². The van der Waals surface area contributed by atoms with E-state index in [1.807, 2.05) is 80.5 Å². The highest BCUT2D eigenvalue weighted by molar-refractivity contribution is 8.16. The molecule has 0 saturated carbocycles. The fourth-order valence-electron chi connectivity index (χ4n) is 4.19. The van der Waals surface area contributed by atoms with E-state index in [9.17, 15) is 9.59 Å². The number of amidine groups is 1. The third-order valence-electron chi connectivity index (χ3n) is 5.78. The molecule has 2 aliphatic rings. The van der Waals surface area contributed by atoms with Gasteiger partial charge in [0.2, 0.25) is 5.91 Å². The van der Waals surface area contributed by atoms with Crippen LogP contribution in [0, 0.1) is 13.8 Å². The van der Waals surface area contributed by atoms with Crippen LogP contribution in [0.15, 0.2) is 69.8 Å². The number of aliphatic imine (C=N–C) groups is 1. The second kappa shape index (κ2) is 10.1. The second-order valence-electron chi connectivity index (χ2n) is 8.35. The fraction of sp³-hybridized carbons (Fsp3) is 0.269. The number of fused-ring (bicyclic) bond motifs is 1. The normalized spacial score (nSPS) is 17.2. The molecule has 6 nitrogen and oxygen atoms in total. The third kappa shape index (κ3) is 4.91. The fourth-order valence-corrected chi connectivity index (χ4v) is 5.28. The predicted octanol–water partition coefficient (Wildman–Crippen LogP) is 5.70. The predicted molar refractivity (Wildman–Crippen MR) is 140 cm³/mol. The summed E-state index contributed by atoms with van der Waals surface area (Å²) in [4.78, 5) is 32.8. The van der Waals surface area contributed by atoms with Gasteiger partial charge in [-0.05, 0) is 62.4 Å². The van der Waals surface area contributed by atoms with E-state index in [-0.39, 0.29) is 18.2 Å². The summed E-state index contributed by atoms with van der Waals surface area (Å²) in [6.07, 6.45) is 0.203. The number of hydrogen-bond acceptors (Lipinski definition) is 5. The van der Waals surface area contributed by atoms with Crippen molar-refractivity contribution in [3.05, 3.63) is 86.6 Å². The Morgan fingerprint density at radius 1 is 1.12 bits per heavy atom. The summed E-state index contributed by atoms with van der Waals surface area (Å²) in [7, 11) is 0. The maximum atomic E-state index is 13.7. The second-order valence-corrected chi connectivity index (χ2v) is 9.62. The molecule has 0 aliphatic carbocycles. The molecule has 2 aromatic rings. The topological polar surface area (TPSA) is 73.8 Å². The van der Waals surface area contributed by atoms with Crippen LogP contribution in [-0.4, -0.2) is 28.4 Å². The van der Waals surface area contributed by atoms with Crippen molar-refractivity contribution in [2.24, 2.45) is 4.99 Å². The largest absolute Gasteiger partial charge is 0.356 e. The molecule has 0 saturated heterocycles. The Balaban J connectivity index is 1.75. The van der Waals surface area contributed by atoms with Crippen LogP contribution in [-0.2, 0) is 9.59 Å². The van der Waals surface area contributed by atoms with Gasteiger partial charge in [-0.25, -0.2) is 4.99 Å². The lowest BCUT2D eigenvalue weighted by atomic mass is 9.93. The van der Waals surface area contributed by atoms with E-state index in [0.29, 0.717) is 22.8 Å². The molecule has 4 rings (SSSR count). The van der Waals surface area contributed by atoms with Crippen molar-refractivity contribution in [1.82, 2.24) is 10.2 Å². The van der Waals surface area contributed by atoms with Crippen molar-refractivity contribution < 1.29 is 9.59 Å². The molecule has 0 fully saturated rings. The van der Waals surface area contributed by atoms with Crippen LogP contribution in [0.2, 0.25) is 5.02 Å². The third-order valence-corrected chi connectivity index (χ3v) is 6.92. The molecule has 2 N–H and O–H groups in total. The van der Waals surface area contributed by atoms with Crippen molar-refractivity contribution in [1.29, 1.82) is 0 Å². The Labute approximate surface area is 209 Å². The van der Waals surface area contributed by atoms with Crippen LogP contribution in [0.3, 0.4) is 0 Å². The minimum absolute atomic E-state index is 0.0713. The Kier molecular flexibility index (Phi) is 7.14. The molecule has 8 heteroatoms. The smallest absolute Gasteiger partial charge is 0.255 e. The first-order valence-corrected chi connectivity index (χ1v) is 12.4. The number of aryl methyl sites for hydroxylation is 2. The summed E-state index contributed by atoms with van der Waals surface area (Å²) >= 11 is 7.63. The molecule has 0 aromatic heterocycles. The van der Waals surface area contributed by atoms with Gasteiger partial charge in [-0.1, -0.05) is 53.2 Å². The first kappa shape index (κ1) is 24.1. The molecule has 2 heterocycles. The average Bonchev–Trinajstić information content (AvgIpc) is 3.17. The van der Waals surface area contributed by atoms with Gasteiger partial charge in [0, 0.05) is 23.0 Å². The molecular formula is C26H27ClN4O2S. The molecule has 0 radical (unpaired) electrons. The monoisotopic (exact) mass is 494 g/mol. The number of carbonyl (C=O) groups excluding carboxylic acids is 2. The summed E-state index contributed by atoms with van der Waals surface area (Å²) in [5.41, 5.74) is 5.76. The van der Waals surface area contributed by atoms with Gasteiger partial charge in [-0.15, -0.1) is 0 Å². The number of carbonyl (C=O) groups is 2. The molecular weight excluding hydrogens is 468 g/mol. The zero-order valence-electron chi connectivity index (χ0n) is 19.6. The molecule has 2 aliphatic heterocycles. The number of rotatable bonds is 6. The number of allylic oxidation sites excluding steroid dienone is 1. The number of nitrogens with one attached hydrogen (secondary N) is 2. The highest BCUT2D eigenvalue weighted by Gasteiger charge is 2.40. The van der Waals surface area contributed by atoms with Crippen LogP contribution in [0.1, 0.15) is 43.0 Å². The summed E-state index contributed by atoms with van der Waals surface area (Å²) in [6.45, 7) is 8.30. The van der Waals surface area contributed by atoms with Gasteiger partial charge in [-0.3, -0.25) is 9.59 Å². The van der Waals surface area contributed by atoms with Crippen LogP contribution in [0.5, 0.6) is 0 Å². The minimum Gasteiger partial charge on any atom is -0.356 e. The SMILES string of the molecule is CCNC(=O)CC1=CSC2=NC(C)=C(C(=O)Nc3ccc(C)cc3C)C(c3ccc(Cl)cc3)N12.